The molecule has 0 aliphatic heterocycles. The fourth-order valence-corrected chi connectivity index (χ4v) is 4.09. The van der Waals surface area contributed by atoms with Crippen LogP contribution in [0.25, 0.3) is 0 Å². The van der Waals surface area contributed by atoms with Gasteiger partial charge < -0.3 is 0 Å². The number of hydrogen-bond donors (Lipinski definition) is 0. The number of hydrogen-bond acceptors (Lipinski definition) is 4. The maximum absolute atomic E-state index is 12.2. The van der Waals surface area contributed by atoms with Gasteiger partial charge in [0.05, 0.1) is 14.9 Å². The number of alkyl halides is 3. The second-order valence-corrected chi connectivity index (χ2v) is 7.28. The quantitative estimate of drug-likeness (QED) is 0.577. The van der Waals surface area contributed by atoms with Gasteiger partial charge in [-0.25, -0.2) is 8.42 Å². The van der Waals surface area contributed by atoms with Gasteiger partial charge in [-0.15, -0.1) is 0 Å². The van der Waals surface area contributed by atoms with Gasteiger partial charge in [-0.2, -0.15) is 18.4 Å². The lowest BCUT2D eigenvalue weighted by Crippen LogP contribution is -2.02. The van der Waals surface area contributed by atoms with Crippen LogP contribution in [-0.4, -0.2) is 13.9 Å². The Morgan fingerprint density at radius 3 is 2.33 bits per heavy atom. The summed E-state index contributed by atoms with van der Waals surface area (Å²) in [4.78, 5) is -0.854. The molecular weight excluding hydrogens is 379 g/mol. The van der Waals surface area contributed by atoms with Gasteiger partial charge in [0.2, 0.25) is 0 Å². The van der Waals surface area contributed by atoms with Crippen LogP contribution in [0.3, 0.4) is 0 Å². The molecule has 1 rings (SSSR count). The molecule has 0 saturated carbocycles. The van der Waals surface area contributed by atoms with Crippen LogP contribution in [0.15, 0.2) is 26.4 Å². The van der Waals surface area contributed by atoms with Crippen molar-refractivity contribution in [3.8, 4) is 6.07 Å². The molecular formula is C8H2BrClF3NO2S2. The van der Waals surface area contributed by atoms with Gasteiger partial charge in [-0.1, -0.05) is 0 Å². The fourth-order valence-electron chi connectivity index (χ4n) is 1.04. The minimum absolute atomic E-state index is 0.283. The minimum Gasteiger partial charge on any atom is -0.207 e. The highest BCUT2D eigenvalue weighted by Crippen LogP contribution is 2.42. The van der Waals surface area contributed by atoms with Gasteiger partial charge in [0.1, 0.15) is 6.07 Å². The lowest BCUT2D eigenvalue weighted by molar-refractivity contribution is -0.0328. The van der Waals surface area contributed by atoms with Crippen LogP contribution in [0.1, 0.15) is 5.56 Å². The molecule has 0 radical (unpaired) electrons. The average Bonchev–Trinajstić information content (AvgIpc) is 2.13. The molecule has 0 fully saturated rings. The molecule has 1 aromatic rings. The van der Waals surface area contributed by atoms with Crippen molar-refractivity contribution in [3.63, 3.8) is 0 Å². The highest BCUT2D eigenvalue weighted by molar-refractivity contribution is 9.10. The molecule has 1 aromatic carbocycles. The molecule has 98 valence electrons. The molecule has 0 unspecified atom stereocenters. The maximum atomic E-state index is 12.2. The standard InChI is InChI=1S/C8H2BrClF3NO2S2/c9-7-4(3-14)5(17-8(11,12)13)1-2-6(7)18(10,15)16/h1-2H. The third kappa shape index (κ3) is 3.78. The van der Waals surface area contributed by atoms with Crippen molar-refractivity contribution in [1.29, 1.82) is 5.26 Å². The zero-order chi connectivity index (χ0) is 14.1. The molecule has 0 N–H and O–H groups in total. The summed E-state index contributed by atoms with van der Waals surface area (Å²) in [5.74, 6) is 0. The van der Waals surface area contributed by atoms with Crippen molar-refractivity contribution >= 4 is 47.4 Å². The first-order valence-corrected chi connectivity index (χ1v) is 7.91. The summed E-state index contributed by atoms with van der Waals surface area (Å²) in [5, 5.41) is 8.79. The summed E-state index contributed by atoms with van der Waals surface area (Å²) >= 11 is 2.26. The predicted octanol–water partition coefficient (Wildman–Crippen LogP) is 3.86. The summed E-state index contributed by atoms with van der Waals surface area (Å²) in [6.07, 6.45) is 0. The average molecular weight is 381 g/mol. The fraction of sp³-hybridized carbons (Fsp3) is 0.125. The Morgan fingerprint density at radius 2 is 1.94 bits per heavy atom. The molecule has 0 spiro atoms. The van der Waals surface area contributed by atoms with E-state index >= 15 is 0 Å². The second-order valence-electron chi connectivity index (χ2n) is 2.85. The molecule has 3 nitrogen and oxygen atoms in total. The SMILES string of the molecule is N#Cc1c(SC(F)(F)F)ccc(S(=O)(=O)Cl)c1Br. The first-order chi connectivity index (χ1) is 8.06. The molecule has 0 aliphatic carbocycles. The summed E-state index contributed by atoms with van der Waals surface area (Å²) in [5.41, 5.74) is -5.01. The van der Waals surface area contributed by atoms with Crippen molar-refractivity contribution < 1.29 is 21.6 Å². The maximum Gasteiger partial charge on any atom is 0.446 e. The van der Waals surface area contributed by atoms with Crippen LogP contribution >= 0.6 is 38.4 Å². The highest BCUT2D eigenvalue weighted by Gasteiger charge is 2.32. The predicted molar refractivity (Wildman–Crippen MR) is 63.8 cm³/mol. The Kier molecular flexibility index (Phi) is 4.59. The summed E-state index contributed by atoms with van der Waals surface area (Å²) < 4.78 is 58.6. The van der Waals surface area contributed by atoms with E-state index in [1.54, 1.807) is 0 Å². The molecule has 0 aromatic heterocycles. The van der Waals surface area contributed by atoms with Crippen molar-refractivity contribution in [3.05, 3.63) is 22.2 Å². The molecule has 0 heterocycles. The number of benzene rings is 1. The topological polar surface area (TPSA) is 57.9 Å². The van der Waals surface area contributed by atoms with Crippen LogP contribution in [0.2, 0.25) is 0 Å². The second kappa shape index (κ2) is 5.28. The molecule has 0 bridgehead atoms. The number of nitrogens with zero attached hydrogens (tertiary/aromatic N) is 1. The van der Waals surface area contributed by atoms with Crippen molar-refractivity contribution in [2.75, 3.05) is 0 Å². The van der Waals surface area contributed by atoms with Gasteiger partial charge >= 0.3 is 5.51 Å². The van der Waals surface area contributed by atoms with E-state index in [1.807, 2.05) is 0 Å². The number of nitriles is 1. The molecule has 0 amide bonds. The van der Waals surface area contributed by atoms with Gasteiger partial charge in [0, 0.05) is 15.6 Å². The molecule has 0 saturated heterocycles. The Labute approximate surface area is 117 Å². The normalized spacial score (nSPS) is 12.2. The lowest BCUT2D eigenvalue weighted by Gasteiger charge is -2.10. The van der Waals surface area contributed by atoms with Gasteiger partial charge in [0.15, 0.2) is 0 Å². The minimum atomic E-state index is -4.58. The van der Waals surface area contributed by atoms with E-state index in [9.17, 15) is 21.6 Å². The van der Waals surface area contributed by atoms with Gasteiger partial charge in [-0.05, 0) is 39.8 Å². The first kappa shape index (κ1) is 15.6. The van der Waals surface area contributed by atoms with Crippen molar-refractivity contribution in [2.45, 2.75) is 15.3 Å². The van der Waals surface area contributed by atoms with E-state index in [0.29, 0.717) is 0 Å². The van der Waals surface area contributed by atoms with Crippen LogP contribution in [0, 0.1) is 11.3 Å². The number of thioether (sulfide) groups is 1. The zero-order valence-electron chi connectivity index (χ0n) is 8.12. The number of halogens is 5. The third-order valence-electron chi connectivity index (χ3n) is 1.67. The summed E-state index contributed by atoms with van der Waals surface area (Å²) in [6, 6.07) is 3.30. The largest absolute Gasteiger partial charge is 0.446 e. The Bertz CT molecular complexity index is 624. The zero-order valence-corrected chi connectivity index (χ0v) is 12.1. The summed E-state index contributed by atoms with van der Waals surface area (Å²) in [6.45, 7) is 0. The van der Waals surface area contributed by atoms with E-state index < -0.39 is 41.7 Å². The Hall–Kier alpha value is -0.430. The van der Waals surface area contributed by atoms with E-state index in [2.05, 4.69) is 15.9 Å². The van der Waals surface area contributed by atoms with Crippen LogP contribution in [0.5, 0.6) is 0 Å². The molecule has 0 aliphatic rings. The molecule has 0 atom stereocenters. The lowest BCUT2D eigenvalue weighted by atomic mass is 10.2. The smallest absolute Gasteiger partial charge is 0.207 e. The Balaban J connectivity index is 3.45. The van der Waals surface area contributed by atoms with E-state index in [1.165, 1.54) is 6.07 Å². The van der Waals surface area contributed by atoms with E-state index in [0.717, 1.165) is 12.1 Å². The highest BCUT2D eigenvalue weighted by atomic mass is 79.9. The first-order valence-electron chi connectivity index (χ1n) is 3.99. The van der Waals surface area contributed by atoms with Crippen molar-refractivity contribution in [1.82, 2.24) is 0 Å². The Morgan fingerprint density at radius 1 is 1.39 bits per heavy atom. The molecule has 10 heteroatoms. The van der Waals surface area contributed by atoms with Crippen LogP contribution < -0.4 is 0 Å². The monoisotopic (exact) mass is 379 g/mol. The van der Waals surface area contributed by atoms with E-state index in [-0.39, 0.29) is 4.47 Å². The van der Waals surface area contributed by atoms with E-state index in [4.69, 9.17) is 15.9 Å². The van der Waals surface area contributed by atoms with Crippen molar-refractivity contribution in [2.24, 2.45) is 0 Å². The summed E-state index contributed by atoms with van der Waals surface area (Å²) in [7, 11) is 0.939. The third-order valence-corrected chi connectivity index (χ3v) is 4.91. The van der Waals surface area contributed by atoms with Gasteiger partial charge in [-0.3, -0.25) is 0 Å². The van der Waals surface area contributed by atoms with Crippen LogP contribution in [-0.2, 0) is 9.05 Å². The van der Waals surface area contributed by atoms with Crippen LogP contribution in [0.4, 0.5) is 13.2 Å². The van der Waals surface area contributed by atoms with Gasteiger partial charge in [0.25, 0.3) is 9.05 Å². The molecule has 18 heavy (non-hydrogen) atoms. The number of rotatable bonds is 2.